The van der Waals surface area contributed by atoms with Gasteiger partial charge in [0.2, 0.25) is 0 Å². The Labute approximate surface area is 114 Å². The van der Waals surface area contributed by atoms with Crippen molar-refractivity contribution in [2.24, 2.45) is 5.10 Å². The van der Waals surface area contributed by atoms with Crippen LogP contribution in [0.4, 0.5) is 5.69 Å². The van der Waals surface area contributed by atoms with Crippen LogP contribution >= 0.6 is 15.9 Å². The lowest BCUT2D eigenvalue weighted by atomic mass is 10.3. The number of hydrogen-bond donors (Lipinski definition) is 1. The van der Waals surface area contributed by atoms with Crippen LogP contribution in [0.2, 0.25) is 0 Å². The Balaban J connectivity index is 2.71. The van der Waals surface area contributed by atoms with Crippen LogP contribution in [0.25, 0.3) is 0 Å². The number of methoxy groups -OCH3 is 1. The lowest BCUT2D eigenvalue weighted by molar-refractivity contribution is -0.135. The molecule has 1 aromatic rings. The number of ether oxygens (including phenoxy) is 2. The first-order chi connectivity index (χ1) is 8.58. The average Bonchev–Trinajstić information content (AvgIpc) is 2.36. The number of hydrogen-bond acceptors (Lipinski definition) is 5. The minimum Gasteiger partial charge on any atom is -0.496 e. The van der Waals surface area contributed by atoms with E-state index in [1.54, 1.807) is 39.2 Å². The van der Waals surface area contributed by atoms with Crippen LogP contribution in [-0.4, -0.2) is 25.4 Å². The summed E-state index contributed by atoms with van der Waals surface area (Å²) in [4.78, 5) is 11.3. The third-order valence-corrected chi connectivity index (χ3v) is 2.70. The van der Waals surface area contributed by atoms with Crippen molar-refractivity contribution in [2.45, 2.75) is 13.8 Å². The molecule has 0 aromatic heterocycles. The van der Waals surface area contributed by atoms with Gasteiger partial charge in [-0.05, 0) is 48.0 Å². The van der Waals surface area contributed by atoms with Crippen LogP contribution in [0.5, 0.6) is 5.75 Å². The van der Waals surface area contributed by atoms with Gasteiger partial charge in [-0.1, -0.05) is 0 Å². The van der Waals surface area contributed by atoms with Gasteiger partial charge >= 0.3 is 5.97 Å². The van der Waals surface area contributed by atoms with Crippen LogP contribution in [0.1, 0.15) is 13.8 Å². The third kappa shape index (κ3) is 4.03. The summed E-state index contributed by atoms with van der Waals surface area (Å²) in [6.45, 7) is 3.67. The number of anilines is 1. The second-order valence-corrected chi connectivity index (χ2v) is 4.23. The first-order valence-corrected chi connectivity index (χ1v) is 6.18. The molecule has 1 aromatic carbocycles. The van der Waals surface area contributed by atoms with Crippen molar-refractivity contribution in [3.63, 3.8) is 0 Å². The number of halogens is 1. The summed E-state index contributed by atoms with van der Waals surface area (Å²) in [7, 11) is 1.59. The Kier molecular flexibility index (Phi) is 5.64. The normalized spacial score (nSPS) is 11.0. The lowest BCUT2D eigenvalue weighted by Crippen LogP contribution is -2.15. The number of nitrogens with one attached hydrogen (secondary N) is 1. The Morgan fingerprint density at radius 1 is 1.50 bits per heavy atom. The molecule has 0 aliphatic heterocycles. The summed E-state index contributed by atoms with van der Waals surface area (Å²) in [5.41, 5.74) is 3.79. The molecule has 0 heterocycles. The number of hydrazone groups is 1. The molecular weight excluding hydrogens is 300 g/mol. The summed E-state index contributed by atoms with van der Waals surface area (Å²) in [5.74, 6) is 0.296. The van der Waals surface area contributed by atoms with Crippen molar-refractivity contribution in [3.8, 4) is 5.75 Å². The maximum Gasteiger partial charge on any atom is 0.354 e. The zero-order valence-corrected chi connectivity index (χ0v) is 12.1. The molecule has 0 bridgehead atoms. The second-order valence-electron chi connectivity index (χ2n) is 3.38. The van der Waals surface area contributed by atoms with Crippen molar-refractivity contribution in [1.29, 1.82) is 0 Å². The fourth-order valence-electron chi connectivity index (χ4n) is 1.17. The van der Waals surface area contributed by atoms with Crippen LogP contribution in [-0.2, 0) is 9.53 Å². The molecule has 0 amide bonds. The molecule has 98 valence electrons. The first-order valence-electron chi connectivity index (χ1n) is 5.39. The summed E-state index contributed by atoms with van der Waals surface area (Å²) in [6, 6.07) is 5.40. The predicted octanol–water partition coefficient (Wildman–Crippen LogP) is 2.81. The molecule has 0 unspecified atom stereocenters. The highest BCUT2D eigenvalue weighted by molar-refractivity contribution is 9.10. The number of carbonyl (C=O) groups is 1. The van der Waals surface area contributed by atoms with E-state index in [0.717, 1.165) is 15.9 Å². The van der Waals surface area contributed by atoms with Gasteiger partial charge in [-0.3, -0.25) is 5.43 Å². The van der Waals surface area contributed by atoms with Crippen molar-refractivity contribution in [3.05, 3.63) is 22.7 Å². The zero-order chi connectivity index (χ0) is 13.5. The number of esters is 1. The first kappa shape index (κ1) is 14.5. The largest absolute Gasteiger partial charge is 0.496 e. The highest BCUT2D eigenvalue weighted by Crippen LogP contribution is 2.27. The molecule has 0 radical (unpaired) electrons. The van der Waals surface area contributed by atoms with Gasteiger partial charge in [-0.15, -0.1) is 0 Å². The quantitative estimate of drug-likeness (QED) is 0.516. The number of benzene rings is 1. The molecule has 5 nitrogen and oxygen atoms in total. The van der Waals surface area contributed by atoms with Gasteiger partial charge in [0.25, 0.3) is 0 Å². The molecule has 18 heavy (non-hydrogen) atoms. The van der Waals surface area contributed by atoms with E-state index >= 15 is 0 Å². The van der Waals surface area contributed by atoms with Gasteiger partial charge in [0, 0.05) is 0 Å². The molecular formula is C12H15BrN2O3. The van der Waals surface area contributed by atoms with E-state index in [0.29, 0.717) is 6.61 Å². The average molecular weight is 315 g/mol. The van der Waals surface area contributed by atoms with Crippen molar-refractivity contribution < 1.29 is 14.3 Å². The minimum absolute atomic E-state index is 0.267. The van der Waals surface area contributed by atoms with Crippen LogP contribution < -0.4 is 10.2 Å². The maximum absolute atomic E-state index is 11.3. The number of nitrogens with zero attached hydrogens (tertiary/aromatic N) is 1. The summed E-state index contributed by atoms with van der Waals surface area (Å²) in [6.07, 6.45) is 0. The van der Waals surface area contributed by atoms with E-state index in [2.05, 4.69) is 26.5 Å². The Morgan fingerprint density at radius 3 is 2.78 bits per heavy atom. The molecule has 0 fully saturated rings. The second kappa shape index (κ2) is 7.00. The van der Waals surface area contributed by atoms with Crippen molar-refractivity contribution in [2.75, 3.05) is 19.1 Å². The minimum atomic E-state index is -0.433. The van der Waals surface area contributed by atoms with Crippen molar-refractivity contribution >= 4 is 33.3 Å². The molecule has 1 rings (SSSR count). The summed E-state index contributed by atoms with van der Waals surface area (Å²) in [5, 5.41) is 3.94. The maximum atomic E-state index is 11.3. The van der Waals surface area contributed by atoms with Crippen LogP contribution in [0, 0.1) is 0 Å². The Bertz CT molecular complexity index is 461. The fraction of sp³-hybridized carbons (Fsp3) is 0.333. The molecule has 0 spiro atoms. The van der Waals surface area contributed by atoms with E-state index in [4.69, 9.17) is 9.47 Å². The Hall–Kier alpha value is -1.56. The van der Waals surface area contributed by atoms with Gasteiger partial charge in [-0.25, -0.2) is 4.79 Å². The smallest absolute Gasteiger partial charge is 0.354 e. The van der Waals surface area contributed by atoms with E-state index in [-0.39, 0.29) is 5.71 Å². The number of rotatable bonds is 5. The highest BCUT2D eigenvalue weighted by Gasteiger charge is 2.06. The predicted molar refractivity (Wildman–Crippen MR) is 74.1 cm³/mol. The molecule has 0 aliphatic rings. The highest BCUT2D eigenvalue weighted by atomic mass is 79.9. The standard InChI is InChI=1S/C12H15BrN2O3/c1-4-18-12(16)8(2)14-15-9-5-6-11(17-3)10(13)7-9/h5-7,15H,4H2,1-3H3/b14-8+. The molecule has 1 N–H and O–H groups in total. The zero-order valence-electron chi connectivity index (χ0n) is 10.5. The van der Waals surface area contributed by atoms with Gasteiger partial charge in [0.15, 0.2) is 0 Å². The van der Waals surface area contributed by atoms with Crippen LogP contribution in [0.15, 0.2) is 27.8 Å². The third-order valence-electron chi connectivity index (χ3n) is 2.08. The molecule has 0 aliphatic carbocycles. The van der Waals surface area contributed by atoms with E-state index in [1.807, 2.05) is 0 Å². The van der Waals surface area contributed by atoms with Gasteiger partial charge in [0.05, 0.1) is 23.9 Å². The monoisotopic (exact) mass is 314 g/mol. The van der Waals surface area contributed by atoms with E-state index < -0.39 is 5.97 Å². The molecule has 0 atom stereocenters. The molecule has 0 saturated carbocycles. The van der Waals surface area contributed by atoms with Crippen LogP contribution in [0.3, 0.4) is 0 Å². The lowest BCUT2D eigenvalue weighted by Gasteiger charge is -2.06. The van der Waals surface area contributed by atoms with E-state index in [9.17, 15) is 4.79 Å². The van der Waals surface area contributed by atoms with Crippen molar-refractivity contribution in [1.82, 2.24) is 0 Å². The topological polar surface area (TPSA) is 59.9 Å². The Morgan fingerprint density at radius 2 is 2.22 bits per heavy atom. The fourth-order valence-corrected chi connectivity index (χ4v) is 1.71. The summed E-state index contributed by atoms with van der Waals surface area (Å²) >= 11 is 3.36. The van der Waals surface area contributed by atoms with E-state index in [1.165, 1.54) is 0 Å². The van der Waals surface area contributed by atoms with Gasteiger partial charge in [-0.2, -0.15) is 5.10 Å². The molecule has 0 saturated heterocycles. The summed E-state index contributed by atoms with van der Waals surface area (Å²) < 4.78 is 10.7. The van der Waals surface area contributed by atoms with Gasteiger partial charge in [0.1, 0.15) is 11.5 Å². The molecule has 6 heteroatoms. The SMILES string of the molecule is CCOC(=O)/C(C)=N/Nc1ccc(OC)c(Br)c1. The number of carbonyl (C=O) groups excluding carboxylic acids is 1. The van der Waals surface area contributed by atoms with Gasteiger partial charge < -0.3 is 9.47 Å².